The fraction of sp³-hybridized carbons (Fsp3) is 0.421. The summed E-state index contributed by atoms with van der Waals surface area (Å²) in [7, 11) is 0. The van der Waals surface area contributed by atoms with Gasteiger partial charge in [-0.3, -0.25) is 9.69 Å². The molecule has 1 aliphatic rings. The average molecular weight is 400 g/mol. The Morgan fingerprint density at radius 1 is 1.15 bits per heavy atom. The molecule has 5 nitrogen and oxygen atoms in total. The Labute approximate surface area is 167 Å². The Morgan fingerprint density at radius 2 is 1.81 bits per heavy atom. The number of likely N-dealkylation sites (tertiary alicyclic amines) is 1. The SMILES string of the molecule is Cc1ccc(C(CNC(=O)Cc2ccc(N)cc2)N2CCCC2)o1.Cl.Cl. The van der Waals surface area contributed by atoms with Crippen molar-refractivity contribution in [2.24, 2.45) is 0 Å². The van der Waals surface area contributed by atoms with Gasteiger partial charge in [0.1, 0.15) is 11.5 Å². The van der Waals surface area contributed by atoms with Crippen LogP contribution in [0, 0.1) is 6.92 Å². The van der Waals surface area contributed by atoms with Gasteiger partial charge in [0.05, 0.1) is 12.5 Å². The van der Waals surface area contributed by atoms with Gasteiger partial charge in [-0.05, 0) is 62.7 Å². The summed E-state index contributed by atoms with van der Waals surface area (Å²) in [5, 5.41) is 3.06. The van der Waals surface area contributed by atoms with E-state index in [0.29, 0.717) is 18.7 Å². The number of furan rings is 1. The quantitative estimate of drug-likeness (QED) is 0.728. The van der Waals surface area contributed by atoms with E-state index in [-0.39, 0.29) is 36.8 Å². The molecule has 1 aromatic carbocycles. The largest absolute Gasteiger partial charge is 0.465 e. The van der Waals surface area contributed by atoms with Gasteiger partial charge in [-0.1, -0.05) is 12.1 Å². The second-order valence-electron chi connectivity index (χ2n) is 6.43. The van der Waals surface area contributed by atoms with E-state index in [9.17, 15) is 4.79 Å². The van der Waals surface area contributed by atoms with Crippen molar-refractivity contribution < 1.29 is 9.21 Å². The normalized spacial score (nSPS) is 15.0. The number of nitrogens with two attached hydrogens (primary N) is 1. The number of hydrogen-bond donors (Lipinski definition) is 2. The van der Waals surface area contributed by atoms with Crippen LogP contribution in [0.15, 0.2) is 40.8 Å². The van der Waals surface area contributed by atoms with E-state index in [2.05, 4.69) is 10.2 Å². The molecule has 3 rings (SSSR count). The van der Waals surface area contributed by atoms with Gasteiger partial charge >= 0.3 is 0 Å². The Hall–Kier alpha value is -1.69. The lowest BCUT2D eigenvalue weighted by molar-refractivity contribution is -0.120. The summed E-state index contributed by atoms with van der Waals surface area (Å²) < 4.78 is 5.81. The molecule has 1 amide bonds. The van der Waals surface area contributed by atoms with Crippen LogP contribution >= 0.6 is 24.8 Å². The highest BCUT2D eigenvalue weighted by Gasteiger charge is 2.26. The van der Waals surface area contributed by atoms with Crippen LogP contribution in [0.4, 0.5) is 5.69 Å². The van der Waals surface area contributed by atoms with E-state index in [1.165, 1.54) is 12.8 Å². The zero-order valence-electron chi connectivity index (χ0n) is 14.9. The van der Waals surface area contributed by atoms with Gasteiger partial charge in [0.2, 0.25) is 5.91 Å². The maximum absolute atomic E-state index is 12.3. The van der Waals surface area contributed by atoms with Crippen molar-refractivity contribution in [2.75, 3.05) is 25.4 Å². The molecule has 1 aromatic heterocycles. The van der Waals surface area contributed by atoms with Crippen molar-refractivity contribution >= 4 is 36.4 Å². The number of anilines is 1. The summed E-state index contributed by atoms with van der Waals surface area (Å²) in [5.74, 6) is 1.86. The van der Waals surface area contributed by atoms with E-state index >= 15 is 0 Å². The van der Waals surface area contributed by atoms with Crippen molar-refractivity contribution in [3.05, 3.63) is 53.5 Å². The van der Waals surface area contributed by atoms with Gasteiger partial charge in [0, 0.05) is 12.2 Å². The van der Waals surface area contributed by atoms with E-state index < -0.39 is 0 Å². The minimum atomic E-state index is 0. The molecule has 1 aliphatic heterocycles. The number of hydrogen-bond acceptors (Lipinski definition) is 4. The first-order valence-corrected chi connectivity index (χ1v) is 8.53. The molecule has 1 fully saturated rings. The van der Waals surface area contributed by atoms with E-state index in [0.717, 1.165) is 30.2 Å². The second kappa shape index (κ2) is 10.5. The molecule has 0 radical (unpaired) electrons. The summed E-state index contributed by atoms with van der Waals surface area (Å²) in [6.45, 7) is 4.63. The van der Waals surface area contributed by atoms with Crippen LogP contribution < -0.4 is 11.1 Å². The topological polar surface area (TPSA) is 71.5 Å². The highest BCUT2D eigenvalue weighted by Crippen LogP contribution is 2.26. The van der Waals surface area contributed by atoms with E-state index in [1.54, 1.807) is 0 Å². The molecule has 0 spiro atoms. The number of carbonyl (C=O) groups excluding carboxylic acids is 1. The van der Waals surface area contributed by atoms with Crippen LogP contribution in [0.2, 0.25) is 0 Å². The molecule has 3 N–H and O–H groups in total. The Balaban J connectivity index is 0.00000169. The number of benzene rings is 1. The van der Waals surface area contributed by atoms with Crippen LogP contribution in [0.1, 0.15) is 36.0 Å². The number of nitrogen functional groups attached to an aromatic ring is 1. The summed E-state index contributed by atoms with van der Waals surface area (Å²) in [5.41, 5.74) is 7.35. The van der Waals surface area contributed by atoms with Gasteiger partial charge in [0.15, 0.2) is 0 Å². The number of amides is 1. The monoisotopic (exact) mass is 399 g/mol. The van der Waals surface area contributed by atoms with Gasteiger partial charge in [-0.15, -0.1) is 24.8 Å². The molecule has 26 heavy (non-hydrogen) atoms. The molecule has 1 atom stereocenters. The van der Waals surface area contributed by atoms with Gasteiger partial charge in [-0.2, -0.15) is 0 Å². The molecule has 2 aromatic rings. The van der Waals surface area contributed by atoms with Gasteiger partial charge in [0.25, 0.3) is 0 Å². The first-order chi connectivity index (χ1) is 11.6. The van der Waals surface area contributed by atoms with Gasteiger partial charge < -0.3 is 15.5 Å². The first-order valence-electron chi connectivity index (χ1n) is 8.53. The van der Waals surface area contributed by atoms with Crippen LogP contribution in [0.3, 0.4) is 0 Å². The van der Waals surface area contributed by atoms with Crippen molar-refractivity contribution in [3.63, 3.8) is 0 Å². The van der Waals surface area contributed by atoms with E-state index in [4.69, 9.17) is 10.2 Å². The summed E-state index contributed by atoms with van der Waals surface area (Å²) in [6.07, 6.45) is 2.77. The summed E-state index contributed by atoms with van der Waals surface area (Å²) in [6, 6.07) is 11.5. The van der Waals surface area contributed by atoms with Crippen molar-refractivity contribution in [1.82, 2.24) is 10.2 Å². The molecule has 144 valence electrons. The highest BCUT2D eigenvalue weighted by atomic mass is 35.5. The van der Waals surface area contributed by atoms with E-state index in [1.807, 2.05) is 43.3 Å². The minimum absolute atomic E-state index is 0. The molecule has 0 aliphatic carbocycles. The van der Waals surface area contributed by atoms with Crippen LogP contribution in [-0.2, 0) is 11.2 Å². The lowest BCUT2D eigenvalue weighted by Gasteiger charge is -2.26. The lowest BCUT2D eigenvalue weighted by atomic mass is 10.1. The maximum Gasteiger partial charge on any atom is 0.224 e. The van der Waals surface area contributed by atoms with Crippen molar-refractivity contribution in [3.8, 4) is 0 Å². The predicted octanol–water partition coefficient (Wildman–Crippen LogP) is 3.51. The third-order valence-electron chi connectivity index (χ3n) is 4.51. The Kier molecular flexibility index (Phi) is 8.99. The zero-order chi connectivity index (χ0) is 16.9. The Morgan fingerprint density at radius 3 is 2.38 bits per heavy atom. The third-order valence-corrected chi connectivity index (χ3v) is 4.51. The van der Waals surface area contributed by atoms with Crippen molar-refractivity contribution in [1.29, 1.82) is 0 Å². The standard InChI is InChI=1S/C19H25N3O2.2ClH/c1-14-4-9-18(24-14)17(22-10-2-3-11-22)13-21-19(23)12-15-5-7-16(20)8-6-15;;/h4-9,17H,2-3,10-13,20H2,1H3,(H,21,23);2*1H. The maximum atomic E-state index is 12.3. The molecule has 2 heterocycles. The molecule has 0 bridgehead atoms. The zero-order valence-corrected chi connectivity index (χ0v) is 16.6. The van der Waals surface area contributed by atoms with Crippen LogP contribution in [0.5, 0.6) is 0 Å². The fourth-order valence-electron chi connectivity index (χ4n) is 3.19. The molecule has 1 unspecified atom stereocenters. The summed E-state index contributed by atoms with van der Waals surface area (Å²) in [4.78, 5) is 14.7. The first kappa shape index (κ1) is 22.4. The van der Waals surface area contributed by atoms with Crippen LogP contribution in [0.25, 0.3) is 0 Å². The molecule has 0 saturated carbocycles. The molecule has 7 heteroatoms. The molecular formula is C19H27Cl2N3O2. The average Bonchev–Trinajstić information content (AvgIpc) is 3.22. The third kappa shape index (κ3) is 5.94. The highest BCUT2D eigenvalue weighted by molar-refractivity contribution is 5.85. The molecular weight excluding hydrogens is 373 g/mol. The fourth-order valence-corrected chi connectivity index (χ4v) is 3.19. The number of rotatable bonds is 6. The number of nitrogens with one attached hydrogen (secondary N) is 1. The van der Waals surface area contributed by atoms with Gasteiger partial charge in [-0.25, -0.2) is 0 Å². The predicted molar refractivity (Wildman–Crippen MR) is 109 cm³/mol. The number of nitrogens with zero attached hydrogens (tertiary/aromatic N) is 1. The summed E-state index contributed by atoms with van der Waals surface area (Å²) >= 11 is 0. The number of carbonyl (C=O) groups is 1. The minimum Gasteiger partial charge on any atom is -0.465 e. The molecule has 1 saturated heterocycles. The lowest BCUT2D eigenvalue weighted by Crippen LogP contribution is -2.37. The Bertz CT molecular complexity index is 682. The smallest absolute Gasteiger partial charge is 0.224 e. The van der Waals surface area contributed by atoms with Crippen molar-refractivity contribution in [2.45, 2.75) is 32.2 Å². The number of halogens is 2. The second-order valence-corrected chi connectivity index (χ2v) is 6.43. The van der Waals surface area contributed by atoms with Crippen LogP contribution in [-0.4, -0.2) is 30.4 Å². The number of aryl methyl sites for hydroxylation is 1.